The molecule has 0 fully saturated rings. The van der Waals surface area contributed by atoms with E-state index in [-0.39, 0.29) is 0 Å². The standard InChI is InChI=1S/C14H21Cl2N/c1-10(14(2,3)4)8-17-9-11-12(15)6-5-7-13(11)16/h5-7,10,17H,8-9H2,1-4H3. The fraction of sp³-hybridized carbons (Fsp3) is 0.571. The zero-order valence-corrected chi connectivity index (χ0v) is 12.5. The quantitative estimate of drug-likeness (QED) is 0.834. The molecule has 0 aliphatic rings. The summed E-state index contributed by atoms with van der Waals surface area (Å²) in [7, 11) is 0. The Morgan fingerprint density at radius 1 is 1.18 bits per heavy atom. The molecular formula is C14H21Cl2N. The van der Waals surface area contributed by atoms with Gasteiger partial charge < -0.3 is 5.32 Å². The maximum absolute atomic E-state index is 6.11. The highest BCUT2D eigenvalue weighted by molar-refractivity contribution is 6.35. The minimum Gasteiger partial charge on any atom is -0.312 e. The van der Waals surface area contributed by atoms with E-state index in [4.69, 9.17) is 23.2 Å². The highest BCUT2D eigenvalue weighted by atomic mass is 35.5. The summed E-state index contributed by atoms with van der Waals surface area (Å²) >= 11 is 12.2. The molecule has 0 saturated carbocycles. The summed E-state index contributed by atoms with van der Waals surface area (Å²) in [6.45, 7) is 10.7. The number of nitrogens with one attached hydrogen (secondary N) is 1. The van der Waals surface area contributed by atoms with Crippen molar-refractivity contribution in [2.24, 2.45) is 11.3 Å². The Morgan fingerprint density at radius 3 is 2.18 bits per heavy atom. The Morgan fingerprint density at radius 2 is 1.71 bits per heavy atom. The first-order chi connectivity index (χ1) is 7.82. The molecule has 0 spiro atoms. The first kappa shape index (κ1) is 14.8. The van der Waals surface area contributed by atoms with Gasteiger partial charge in [0.15, 0.2) is 0 Å². The van der Waals surface area contributed by atoms with Gasteiger partial charge in [-0.15, -0.1) is 0 Å². The molecule has 0 bridgehead atoms. The van der Waals surface area contributed by atoms with E-state index in [0.717, 1.165) is 28.7 Å². The Kier molecular flexibility index (Phi) is 5.30. The van der Waals surface area contributed by atoms with Gasteiger partial charge in [0, 0.05) is 22.2 Å². The van der Waals surface area contributed by atoms with E-state index in [9.17, 15) is 0 Å². The SMILES string of the molecule is CC(CNCc1c(Cl)cccc1Cl)C(C)(C)C. The smallest absolute Gasteiger partial charge is 0.0465 e. The average Bonchev–Trinajstić information content (AvgIpc) is 2.20. The van der Waals surface area contributed by atoms with Crippen molar-refractivity contribution in [3.05, 3.63) is 33.8 Å². The molecule has 0 amide bonds. The maximum Gasteiger partial charge on any atom is 0.0465 e. The molecule has 0 aliphatic carbocycles. The van der Waals surface area contributed by atoms with Gasteiger partial charge in [0.2, 0.25) is 0 Å². The lowest BCUT2D eigenvalue weighted by atomic mass is 9.82. The molecule has 0 saturated heterocycles. The minimum atomic E-state index is 0.317. The van der Waals surface area contributed by atoms with Crippen molar-refractivity contribution in [3.63, 3.8) is 0 Å². The molecule has 96 valence electrons. The van der Waals surface area contributed by atoms with Crippen LogP contribution >= 0.6 is 23.2 Å². The third-order valence-corrected chi connectivity index (χ3v) is 4.00. The lowest BCUT2D eigenvalue weighted by Crippen LogP contribution is -2.29. The fourth-order valence-electron chi connectivity index (χ4n) is 1.42. The van der Waals surface area contributed by atoms with E-state index in [1.165, 1.54) is 0 Å². The average molecular weight is 274 g/mol. The van der Waals surface area contributed by atoms with Gasteiger partial charge in [0.05, 0.1) is 0 Å². The molecule has 1 rings (SSSR count). The lowest BCUT2D eigenvalue weighted by molar-refractivity contribution is 0.252. The van der Waals surface area contributed by atoms with Gasteiger partial charge in [0.1, 0.15) is 0 Å². The molecule has 1 atom stereocenters. The van der Waals surface area contributed by atoms with Crippen molar-refractivity contribution in [1.29, 1.82) is 0 Å². The van der Waals surface area contributed by atoms with Crippen LogP contribution in [-0.2, 0) is 6.54 Å². The topological polar surface area (TPSA) is 12.0 Å². The van der Waals surface area contributed by atoms with Crippen LogP contribution in [0.15, 0.2) is 18.2 Å². The van der Waals surface area contributed by atoms with E-state index in [1.54, 1.807) is 0 Å². The van der Waals surface area contributed by atoms with Crippen molar-refractivity contribution >= 4 is 23.2 Å². The molecule has 17 heavy (non-hydrogen) atoms. The van der Waals surface area contributed by atoms with Gasteiger partial charge in [-0.1, -0.05) is 57.0 Å². The van der Waals surface area contributed by atoms with E-state index < -0.39 is 0 Å². The molecule has 1 aromatic rings. The largest absolute Gasteiger partial charge is 0.312 e. The number of benzene rings is 1. The van der Waals surface area contributed by atoms with Gasteiger partial charge in [-0.25, -0.2) is 0 Å². The Bertz CT molecular complexity index is 349. The molecule has 0 aromatic heterocycles. The van der Waals surface area contributed by atoms with Crippen LogP contribution in [0.25, 0.3) is 0 Å². The third-order valence-electron chi connectivity index (χ3n) is 3.29. The first-order valence-electron chi connectivity index (χ1n) is 5.96. The summed E-state index contributed by atoms with van der Waals surface area (Å²) in [6, 6.07) is 5.61. The molecule has 1 nitrogen and oxygen atoms in total. The van der Waals surface area contributed by atoms with Crippen LogP contribution in [0.2, 0.25) is 10.0 Å². The van der Waals surface area contributed by atoms with Crippen molar-refractivity contribution in [2.45, 2.75) is 34.2 Å². The Hall–Kier alpha value is -0.240. The van der Waals surface area contributed by atoms with Crippen LogP contribution in [-0.4, -0.2) is 6.54 Å². The van der Waals surface area contributed by atoms with Crippen LogP contribution in [0.4, 0.5) is 0 Å². The number of hydrogen-bond donors (Lipinski definition) is 1. The van der Waals surface area contributed by atoms with E-state index >= 15 is 0 Å². The lowest BCUT2D eigenvalue weighted by Gasteiger charge is -2.27. The van der Waals surface area contributed by atoms with E-state index in [2.05, 4.69) is 33.0 Å². The van der Waals surface area contributed by atoms with Crippen LogP contribution in [0.5, 0.6) is 0 Å². The van der Waals surface area contributed by atoms with Crippen molar-refractivity contribution in [2.75, 3.05) is 6.54 Å². The van der Waals surface area contributed by atoms with Crippen molar-refractivity contribution < 1.29 is 0 Å². The minimum absolute atomic E-state index is 0.317. The summed E-state index contributed by atoms with van der Waals surface area (Å²) in [5, 5.41) is 4.88. The zero-order chi connectivity index (χ0) is 13.1. The number of rotatable bonds is 4. The summed E-state index contributed by atoms with van der Waals surface area (Å²) in [4.78, 5) is 0. The van der Waals surface area contributed by atoms with Gasteiger partial charge >= 0.3 is 0 Å². The van der Waals surface area contributed by atoms with Crippen LogP contribution < -0.4 is 5.32 Å². The Labute approximate surface area is 115 Å². The molecule has 1 unspecified atom stereocenters. The van der Waals surface area contributed by atoms with Crippen LogP contribution in [0.3, 0.4) is 0 Å². The molecular weight excluding hydrogens is 253 g/mol. The highest BCUT2D eigenvalue weighted by Gasteiger charge is 2.19. The second kappa shape index (κ2) is 6.08. The predicted molar refractivity (Wildman–Crippen MR) is 76.8 cm³/mol. The normalized spacial score (nSPS) is 13.8. The summed E-state index contributed by atoms with van der Waals surface area (Å²) in [5.41, 5.74) is 1.30. The van der Waals surface area contributed by atoms with E-state index in [0.29, 0.717) is 11.3 Å². The fourth-order valence-corrected chi connectivity index (χ4v) is 1.95. The Balaban J connectivity index is 2.52. The molecule has 0 aliphatic heterocycles. The molecule has 0 radical (unpaired) electrons. The number of hydrogen-bond acceptors (Lipinski definition) is 1. The first-order valence-corrected chi connectivity index (χ1v) is 6.71. The maximum atomic E-state index is 6.11. The van der Waals surface area contributed by atoms with Gasteiger partial charge in [-0.05, 0) is 30.0 Å². The summed E-state index contributed by atoms with van der Waals surface area (Å²) in [5.74, 6) is 0.601. The molecule has 1 N–H and O–H groups in total. The van der Waals surface area contributed by atoms with E-state index in [1.807, 2.05) is 18.2 Å². The van der Waals surface area contributed by atoms with Crippen LogP contribution in [0.1, 0.15) is 33.3 Å². The molecule has 0 heterocycles. The zero-order valence-electron chi connectivity index (χ0n) is 11.0. The van der Waals surface area contributed by atoms with Crippen molar-refractivity contribution in [1.82, 2.24) is 5.32 Å². The predicted octanol–water partition coefficient (Wildman–Crippen LogP) is 4.77. The summed E-state index contributed by atoms with van der Waals surface area (Å²) in [6.07, 6.45) is 0. The second-order valence-electron chi connectivity index (χ2n) is 5.60. The van der Waals surface area contributed by atoms with Gasteiger partial charge in [-0.2, -0.15) is 0 Å². The van der Waals surface area contributed by atoms with Crippen molar-refractivity contribution in [3.8, 4) is 0 Å². The molecule has 1 aromatic carbocycles. The highest BCUT2D eigenvalue weighted by Crippen LogP contribution is 2.26. The number of halogens is 2. The third kappa shape index (κ3) is 4.50. The van der Waals surface area contributed by atoms with Crippen LogP contribution in [0, 0.1) is 11.3 Å². The second-order valence-corrected chi connectivity index (χ2v) is 6.41. The van der Waals surface area contributed by atoms with Gasteiger partial charge in [-0.3, -0.25) is 0 Å². The summed E-state index contributed by atoms with van der Waals surface area (Å²) < 4.78 is 0. The molecule has 3 heteroatoms. The van der Waals surface area contributed by atoms with Gasteiger partial charge in [0.25, 0.3) is 0 Å². The monoisotopic (exact) mass is 273 g/mol.